The van der Waals surface area contributed by atoms with Crippen LogP contribution in [0.3, 0.4) is 0 Å². The molecule has 0 spiro atoms. The molecule has 3 rings (SSSR count). The number of para-hydroxylation sites is 1. The molecular weight excluding hydrogens is 342 g/mol. The number of tetrazole rings is 1. The number of halogens is 1. The molecule has 8 heteroatoms. The van der Waals surface area contributed by atoms with Gasteiger partial charge in [-0.2, -0.15) is 4.68 Å². The van der Waals surface area contributed by atoms with Gasteiger partial charge in [0.15, 0.2) is 0 Å². The van der Waals surface area contributed by atoms with Crippen molar-refractivity contribution in [3.8, 4) is 17.4 Å². The number of ether oxygens (including phenoxy) is 2. The Labute approximate surface area is 152 Å². The first-order chi connectivity index (χ1) is 11.9. The summed E-state index contributed by atoms with van der Waals surface area (Å²) >= 11 is 0. The van der Waals surface area contributed by atoms with Crippen molar-refractivity contribution in [2.45, 2.75) is 6.54 Å². The Morgan fingerprint density at radius 3 is 2.72 bits per heavy atom. The number of hydrogen-bond acceptors (Lipinski definition) is 6. The maximum absolute atomic E-state index is 5.85. The van der Waals surface area contributed by atoms with Crippen LogP contribution in [0.2, 0.25) is 0 Å². The van der Waals surface area contributed by atoms with Crippen LogP contribution >= 0.6 is 0 Å². The van der Waals surface area contributed by atoms with Crippen molar-refractivity contribution in [1.29, 1.82) is 0 Å². The fraction of sp³-hybridized carbons (Fsp3) is 0.235. The quantitative estimate of drug-likeness (QED) is 0.530. The van der Waals surface area contributed by atoms with Crippen molar-refractivity contribution >= 4 is 0 Å². The third kappa shape index (κ3) is 5.25. The number of benzene rings is 2. The molecule has 7 nitrogen and oxygen atoms in total. The normalized spacial score (nSPS) is 10.3. The third-order valence-corrected chi connectivity index (χ3v) is 3.36. The molecule has 132 valence electrons. The third-order valence-electron chi connectivity index (χ3n) is 3.36. The first-order valence-corrected chi connectivity index (χ1v) is 7.67. The average Bonchev–Trinajstić information content (AvgIpc) is 3.08. The number of rotatable bonds is 8. The first kappa shape index (κ1) is 18.9. The number of methoxy groups -OCH3 is 1. The molecule has 0 fully saturated rings. The van der Waals surface area contributed by atoms with Crippen LogP contribution in [0.5, 0.6) is 11.8 Å². The summed E-state index contributed by atoms with van der Waals surface area (Å²) in [6.07, 6.45) is 0. The zero-order chi connectivity index (χ0) is 16.6. The number of aromatic nitrogens is 4. The Hall–Kier alpha value is -2.48. The Morgan fingerprint density at radius 2 is 1.92 bits per heavy atom. The van der Waals surface area contributed by atoms with E-state index in [0.717, 1.165) is 24.3 Å². The minimum Gasteiger partial charge on any atom is -1.00 e. The van der Waals surface area contributed by atoms with Crippen LogP contribution in [-0.4, -0.2) is 40.5 Å². The van der Waals surface area contributed by atoms with E-state index in [4.69, 9.17) is 9.47 Å². The first-order valence-electron chi connectivity index (χ1n) is 7.67. The molecule has 1 N–H and O–H groups in total. The monoisotopic (exact) mass is 360 g/mol. The molecule has 0 aliphatic carbocycles. The number of nitrogens with zero attached hydrogens (tertiary/aromatic N) is 4. The molecule has 25 heavy (non-hydrogen) atoms. The lowest BCUT2D eigenvalue weighted by molar-refractivity contribution is -0.00000604. The second kappa shape index (κ2) is 9.73. The molecule has 0 aliphatic heterocycles. The fourth-order valence-corrected chi connectivity index (χ4v) is 2.21. The standard InChI is InChI=1S/C17H19N5O2.ClH/c1-23-11-10-18-13-14-6-5-9-16(12-14)24-17-19-20-21-22(17)15-7-3-2-4-8-15;/h2-9,12,18H,10-11,13H2,1H3;1H/p-1. The Kier molecular flexibility index (Phi) is 7.34. The predicted molar refractivity (Wildman–Crippen MR) is 89.3 cm³/mol. The summed E-state index contributed by atoms with van der Waals surface area (Å²) < 4.78 is 12.4. The number of nitrogens with one attached hydrogen (secondary N) is 1. The molecule has 0 saturated heterocycles. The van der Waals surface area contributed by atoms with Gasteiger partial charge in [-0.25, -0.2) is 0 Å². The highest BCUT2D eigenvalue weighted by Gasteiger charge is 2.10. The molecule has 3 aromatic rings. The summed E-state index contributed by atoms with van der Waals surface area (Å²) in [5.74, 6) is 0.688. The van der Waals surface area contributed by atoms with E-state index in [2.05, 4.69) is 20.8 Å². The van der Waals surface area contributed by atoms with E-state index in [0.29, 0.717) is 18.4 Å². The van der Waals surface area contributed by atoms with E-state index in [9.17, 15) is 0 Å². The summed E-state index contributed by atoms with van der Waals surface area (Å²) in [5, 5.41) is 14.9. The van der Waals surface area contributed by atoms with Crippen LogP contribution in [0.15, 0.2) is 54.6 Å². The largest absolute Gasteiger partial charge is 1.00 e. The molecule has 1 heterocycles. The van der Waals surface area contributed by atoms with Crippen LogP contribution in [0.25, 0.3) is 5.69 Å². The van der Waals surface area contributed by atoms with Gasteiger partial charge in [0.25, 0.3) is 0 Å². The van der Waals surface area contributed by atoms with Gasteiger partial charge in [0.2, 0.25) is 0 Å². The zero-order valence-electron chi connectivity index (χ0n) is 13.8. The summed E-state index contributed by atoms with van der Waals surface area (Å²) in [5.41, 5.74) is 1.96. The molecule has 1 aromatic heterocycles. The van der Waals surface area contributed by atoms with E-state index in [-0.39, 0.29) is 12.4 Å². The Morgan fingerprint density at radius 1 is 1.08 bits per heavy atom. The highest BCUT2D eigenvalue weighted by atomic mass is 35.5. The molecule has 0 atom stereocenters. The maximum atomic E-state index is 5.85. The van der Waals surface area contributed by atoms with Gasteiger partial charge in [0.05, 0.1) is 12.3 Å². The topological polar surface area (TPSA) is 74.1 Å². The minimum absolute atomic E-state index is 0. The van der Waals surface area contributed by atoms with E-state index < -0.39 is 0 Å². The van der Waals surface area contributed by atoms with Crippen molar-refractivity contribution in [3.63, 3.8) is 0 Å². The van der Waals surface area contributed by atoms with Gasteiger partial charge < -0.3 is 27.2 Å². The van der Waals surface area contributed by atoms with Gasteiger partial charge in [0.1, 0.15) is 5.75 Å². The van der Waals surface area contributed by atoms with Crippen LogP contribution in [0.1, 0.15) is 5.56 Å². The minimum atomic E-state index is 0. The van der Waals surface area contributed by atoms with Crippen molar-refractivity contribution in [3.05, 3.63) is 60.2 Å². The molecule has 0 saturated carbocycles. The lowest BCUT2D eigenvalue weighted by Gasteiger charge is -2.08. The average molecular weight is 361 g/mol. The highest BCUT2D eigenvalue weighted by Crippen LogP contribution is 2.21. The van der Waals surface area contributed by atoms with Gasteiger partial charge in [-0.05, 0) is 40.3 Å². The van der Waals surface area contributed by atoms with Crippen LogP contribution in [0.4, 0.5) is 0 Å². The van der Waals surface area contributed by atoms with E-state index in [1.165, 1.54) is 0 Å². The molecular formula is C17H19ClN5O2-. The Bertz CT molecular complexity index is 766. The van der Waals surface area contributed by atoms with Crippen molar-refractivity contribution in [2.24, 2.45) is 0 Å². The van der Waals surface area contributed by atoms with E-state index in [1.807, 2.05) is 54.6 Å². The van der Waals surface area contributed by atoms with E-state index >= 15 is 0 Å². The second-order valence-corrected chi connectivity index (χ2v) is 5.13. The smallest absolute Gasteiger partial charge is 0.345 e. The molecule has 0 aliphatic rings. The summed E-state index contributed by atoms with van der Waals surface area (Å²) in [4.78, 5) is 0. The molecule has 0 radical (unpaired) electrons. The Balaban J connectivity index is 0.00000225. The lowest BCUT2D eigenvalue weighted by Crippen LogP contribution is -3.00. The fourth-order valence-electron chi connectivity index (χ4n) is 2.21. The van der Waals surface area contributed by atoms with Crippen LogP contribution in [-0.2, 0) is 11.3 Å². The second-order valence-electron chi connectivity index (χ2n) is 5.13. The van der Waals surface area contributed by atoms with Gasteiger partial charge >= 0.3 is 6.01 Å². The van der Waals surface area contributed by atoms with Gasteiger partial charge in [-0.15, -0.1) is 0 Å². The molecule has 0 amide bonds. The summed E-state index contributed by atoms with van der Waals surface area (Å²) in [6.45, 7) is 2.22. The van der Waals surface area contributed by atoms with Gasteiger partial charge in [-0.1, -0.05) is 35.4 Å². The summed E-state index contributed by atoms with van der Waals surface area (Å²) in [7, 11) is 1.69. The van der Waals surface area contributed by atoms with Crippen LogP contribution < -0.4 is 22.5 Å². The highest BCUT2D eigenvalue weighted by molar-refractivity contribution is 5.34. The SMILES string of the molecule is COCCNCc1cccc(Oc2nnnn2-c2ccccc2)c1.[Cl-]. The summed E-state index contributed by atoms with van der Waals surface area (Å²) in [6, 6.07) is 17.8. The number of hydrogen-bond donors (Lipinski definition) is 1. The van der Waals surface area contributed by atoms with Crippen molar-refractivity contribution in [1.82, 2.24) is 25.5 Å². The molecule has 2 aromatic carbocycles. The maximum Gasteiger partial charge on any atom is 0.345 e. The van der Waals surface area contributed by atoms with Crippen molar-refractivity contribution in [2.75, 3.05) is 20.3 Å². The predicted octanol–water partition coefficient (Wildman–Crippen LogP) is -0.805. The van der Waals surface area contributed by atoms with E-state index in [1.54, 1.807) is 11.8 Å². The van der Waals surface area contributed by atoms with Gasteiger partial charge in [0, 0.05) is 20.2 Å². The zero-order valence-corrected chi connectivity index (χ0v) is 14.6. The van der Waals surface area contributed by atoms with Crippen LogP contribution in [0, 0.1) is 0 Å². The molecule has 0 bridgehead atoms. The van der Waals surface area contributed by atoms with Crippen molar-refractivity contribution < 1.29 is 21.9 Å². The van der Waals surface area contributed by atoms with Gasteiger partial charge in [-0.3, -0.25) is 0 Å². The molecule has 0 unspecified atom stereocenters. The lowest BCUT2D eigenvalue weighted by atomic mass is 10.2.